The molecule has 0 saturated carbocycles. The van der Waals surface area contributed by atoms with Gasteiger partial charge in [0.05, 0.1) is 0 Å². The van der Waals surface area contributed by atoms with Crippen molar-refractivity contribution in [3.63, 3.8) is 0 Å². The van der Waals surface area contributed by atoms with Gasteiger partial charge in [0.1, 0.15) is 11.4 Å². The molecular formula is C15H27FO2. The first kappa shape index (κ1) is 17.1. The highest BCUT2D eigenvalue weighted by Gasteiger charge is 2.27. The van der Waals surface area contributed by atoms with E-state index in [9.17, 15) is 14.3 Å². The van der Waals surface area contributed by atoms with E-state index in [1.807, 2.05) is 27.7 Å². The fourth-order valence-electron chi connectivity index (χ4n) is 1.66. The minimum Gasteiger partial charge on any atom is -0.512 e. The summed E-state index contributed by atoms with van der Waals surface area (Å²) in [7, 11) is 0. The maximum absolute atomic E-state index is 13.6. The molecule has 3 heteroatoms. The lowest BCUT2D eigenvalue weighted by Crippen LogP contribution is -2.24. The van der Waals surface area contributed by atoms with Crippen molar-refractivity contribution in [1.82, 2.24) is 0 Å². The van der Waals surface area contributed by atoms with Crippen molar-refractivity contribution in [2.24, 2.45) is 11.3 Å². The smallest absolute Gasteiger partial charge is 0.162 e. The molecule has 1 atom stereocenters. The summed E-state index contributed by atoms with van der Waals surface area (Å²) < 4.78 is 13.6. The minimum absolute atomic E-state index is 0.0881. The average Bonchev–Trinajstić information content (AvgIpc) is 2.24. The molecule has 106 valence electrons. The average molecular weight is 258 g/mol. The molecule has 0 aliphatic carbocycles. The summed E-state index contributed by atoms with van der Waals surface area (Å²) in [5.74, 6) is -0.452. The van der Waals surface area contributed by atoms with E-state index in [1.54, 1.807) is 0 Å². The summed E-state index contributed by atoms with van der Waals surface area (Å²) in [6.07, 6.45) is 2.80. The van der Waals surface area contributed by atoms with Crippen molar-refractivity contribution in [1.29, 1.82) is 0 Å². The first-order valence-electron chi connectivity index (χ1n) is 6.67. The van der Waals surface area contributed by atoms with E-state index >= 15 is 0 Å². The normalized spacial score (nSPS) is 15.6. The molecule has 0 aliphatic rings. The van der Waals surface area contributed by atoms with Gasteiger partial charge in [0.2, 0.25) is 0 Å². The molecule has 0 bridgehead atoms. The van der Waals surface area contributed by atoms with Crippen LogP contribution in [0.15, 0.2) is 11.8 Å². The molecule has 2 nitrogen and oxygen atoms in total. The van der Waals surface area contributed by atoms with E-state index in [2.05, 4.69) is 0 Å². The van der Waals surface area contributed by atoms with Crippen LogP contribution in [0, 0.1) is 11.3 Å². The van der Waals surface area contributed by atoms with Gasteiger partial charge >= 0.3 is 0 Å². The fraction of sp³-hybridized carbons (Fsp3) is 0.800. The van der Waals surface area contributed by atoms with Crippen molar-refractivity contribution in [3.8, 4) is 0 Å². The van der Waals surface area contributed by atoms with E-state index in [4.69, 9.17) is 0 Å². The number of aliphatic hydroxyl groups is 1. The van der Waals surface area contributed by atoms with Crippen molar-refractivity contribution < 1.29 is 14.3 Å². The molecule has 0 saturated heterocycles. The highest BCUT2D eigenvalue weighted by molar-refractivity contribution is 5.92. The lowest BCUT2D eigenvalue weighted by Gasteiger charge is -2.23. The summed E-state index contributed by atoms with van der Waals surface area (Å²) >= 11 is 0. The number of allylic oxidation sites excluding steroid dienone is 2. The van der Waals surface area contributed by atoms with Crippen LogP contribution in [0.3, 0.4) is 0 Å². The maximum Gasteiger partial charge on any atom is 0.162 e. The Morgan fingerprint density at radius 3 is 2.11 bits per heavy atom. The van der Waals surface area contributed by atoms with Gasteiger partial charge in [-0.25, -0.2) is 4.39 Å². The maximum atomic E-state index is 13.6. The number of rotatable bonds is 7. The number of carbonyl (C=O) groups is 1. The molecule has 0 radical (unpaired) electrons. The summed E-state index contributed by atoms with van der Waals surface area (Å²) in [6.45, 7) is 10.5. The monoisotopic (exact) mass is 258 g/mol. The predicted molar refractivity (Wildman–Crippen MR) is 73.4 cm³/mol. The Kier molecular flexibility index (Phi) is 6.05. The van der Waals surface area contributed by atoms with Crippen LogP contribution in [-0.2, 0) is 4.79 Å². The predicted octanol–water partition coefficient (Wildman–Crippen LogP) is 4.60. The Morgan fingerprint density at radius 2 is 1.78 bits per heavy atom. The number of aliphatic hydroxyl groups excluding tert-OH is 1. The quantitative estimate of drug-likeness (QED) is 0.535. The lowest BCUT2D eigenvalue weighted by molar-refractivity contribution is -0.119. The van der Waals surface area contributed by atoms with Gasteiger partial charge in [-0.3, -0.25) is 4.79 Å². The number of halogens is 1. The third-order valence-corrected chi connectivity index (χ3v) is 3.48. The van der Waals surface area contributed by atoms with Crippen LogP contribution in [-0.4, -0.2) is 16.6 Å². The molecule has 0 aliphatic heterocycles. The van der Waals surface area contributed by atoms with E-state index in [0.29, 0.717) is 6.42 Å². The summed E-state index contributed by atoms with van der Waals surface area (Å²) in [4.78, 5) is 12.0. The second-order valence-corrected chi connectivity index (χ2v) is 6.20. The van der Waals surface area contributed by atoms with Crippen molar-refractivity contribution in [2.45, 2.75) is 66.5 Å². The van der Waals surface area contributed by atoms with Crippen molar-refractivity contribution in [3.05, 3.63) is 11.8 Å². The number of alkyl halides is 1. The van der Waals surface area contributed by atoms with Crippen molar-refractivity contribution >= 4 is 5.78 Å². The topological polar surface area (TPSA) is 37.3 Å². The Balaban J connectivity index is 4.88. The number of hydrogen-bond donors (Lipinski definition) is 1. The lowest BCUT2D eigenvalue weighted by atomic mass is 9.84. The van der Waals surface area contributed by atoms with Gasteiger partial charge in [-0.2, -0.15) is 0 Å². The van der Waals surface area contributed by atoms with Crippen LogP contribution in [0.25, 0.3) is 0 Å². The van der Waals surface area contributed by atoms with Gasteiger partial charge < -0.3 is 5.11 Å². The molecule has 0 amide bonds. The Morgan fingerprint density at radius 1 is 1.28 bits per heavy atom. The Labute approximate surface area is 110 Å². The van der Waals surface area contributed by atoms with Crippen LogP contribution in [0.4, 0.5) is 4.39 Å². The van der Waals surface area contributed by atoms with E-state index < -0.39 is 11.1 Å². The van der Waals surface area contributed by atoms with Gasteiger partial charge in [-0.1, -0.05) is 27.7 Å². The van der Waals surface area contributed by atoms with Gasteiger partial charge in [-0.05, 0) is 33.1 Å². The van der Waals surface area contributed by atoms with E-state index in [1.165, 1.54) is 19.9 Å². The summed E-state index contributed by atoms with van der Waals surface area (Å²) in [5.41, 5.74) is -1.76. The first-order valence-corrected chi connectivity index (χ1v) is 6.67. The van der Waals surface area contributed by atoms with Crippen LogP contribution in [0.1, 0.15) is 60.8 Å². The molecule has 1 unspecified atom stereocenters. The van der Waals surface area contributed by atoms with Crippen LogP contribution in [0.5, 0.6) is 0 Å². The van der Waals surface area contributed by atoms with E-state index in [-0.39, 0.29) is 23.9 Å². The second-order valence-electron chi connectivity index (χ2n) is 6.20. The van der Waals surface area contributed by atoms with Gasteiger partial charge in [0, 0.05) is 17.4 Å². The zero-order valence-electron chi connectivity index (χ0n) is 12.5. The van der Waals surface area contributed by atoms with Crippen LogP contribution < -0.4 is 0 Å². The SMILES string of the molecule is CCC(CC(C)(C)F)C(=O)/C=C(\O)C(C)(C)CC. The van der Waals surface area contributed by atoms with Crippen molar-refractivity contribution in [2.75, 3.05) is 0 Å². The van der Waals surface area contributed by atoms with Crippen LogP contribution in [0.2, 0.25) is 0 Å². The summed E-state index contributed by atoms with van der Waals surface area (Å²) in [5, 5.41) is 9.94. The number of hydrogen-bond acceptors (Lipinski definition) is 2. The third-order valence-electron chi connectivity index (χ3n) is 3.48. The van der Waals surface area contributed by atoms with Gasteiger partial charge in [-0.15, -0.1) is 0 Å². The molecular weight excluding hydrogens is 231 g/mol. The molecule has 0 heterocycles. The number of ketones is 1. The largest absolute Gasteiger partial charge is 0.512 e. The molecule has 1 N–H and O–H groups in total. The van der Waals surface area contributed by atoms with Gasteiger partial charge in [0.25, 0.3) is 0 Å². The fourth-order valence-corrected chi connectivity index (χ4v) is 1.66. The highest BCUT2D eigenvalue weighted by atomic mass is 19.1. The molecule has 0 aromatic heterocycles. The number of carbonyl (C=O) groups excluding carboxylic acids is 1. The minimum atomic E-state index is -1.36. The molecule has 18 heavy (non-hydrogen) atoms. The standard InChI is InChI=1S/C15H27FO2/c1-7-11(10-15(5,6)16)12(17)9-13(18)14(3,4)8-2/h9,11,18H,7-8,10H2,1-6H3/b13-9-. The molecule has 0 fully saturated rings. The Bertz CT molecular complexity index is 311. The molecule has 0 aromatic carbocycles. The zero-order chi connectivity index (χ0) is 14.6. The molecule has 0 aromatic rings. The van der Waals surface area contributed by atoms with Crippen LogP contribution >= 0.6 is 0 Å². The van der Waals surface area contributed by atoms with E-state index in [0.717, 1.165) is 6.42 Å². The molecule has 0 rings (SSSR count). The van der Waals surface area contributed by atoms with Gasteiger partial charge in [0.15, 0.2) is 5.78 Å². The summed E-state index contributed by atoms with van der Waals surface area (Å²) in [6, 6.07) is 0. The third kappa shape index (κ3) is 5.65. The Hall–Kier alpha value is -0.860. The zero-order valence-corrected chi connectivity index (χ0v) is 12.5. The second kappa shape index (κ2) is 6.35. The highest BCUT2D eigenvalue weighted by Crippen LogP contribution is 2.29. The molecule has 0 spiro atoms. The first-order chi connectivity index (χ1) is 8.03.